The van der Waals surface area contributed by atoms with Gasteiger partial charge in [0.1, 0.15) is 5.82 Å². The molecule has 2 unspecified atom stereocenters. The number of hydroxylamine groups is 2. The van der Waals surface area contributed by atoms with Gasteiger partial charge in [0.25, 0.3) is 0 Å². The van der Waals surface area contributed by atoms with Crippen LogP contribution >= 0.6 is 11.8 Å². The van der Waals surface area contributed by atoms with E-state index in [4.69, 9.17) is 4.84 Å². The van der Waals surface area contributed by atoms with Gasteiger partial charge in [0.15, 0.2) is 0 Å². The number of thioether (sulfide) groups is 1. The third kappa shape index (κ3) is 2.38. The number of carbonyl (C=O) groups is 1. The summed E-state index contributed by atoms with van der Waals surface area (Å²) >= 11 is 1.70. The van der Waals surface area contributed by atoms with Gasteiger partial charge in [-0.25, -0.2) is 9.18 Å². The molecule has 0 spiro atoms. The number of halogens is 1. The summed E-state index contributed by atoms with van der Waals surface area (Å²) in [7, 11) is 0. The monoisotopic (exact) mass is 296 g/mol. The first-order chi connectivity index (χ1) is 9.70. The Hall–Kier alpha value is -1.27. The molecule has 2 aliphatic heterocycles. The Balaban J connectivity index is 1.88. The van der Waals surface area contributed by atoms with Crippen molar-refractivity contribution in [3.8, 4) is 0 Å². The van der Waals surface area contributed by atoms with Crippen molar-refractivity contribution in [1.82, 2.24) is 10.4 Å². The average molecular weight is 296 g/mol. The van der Waals surface area contributed by atoms with E-state index in [0.29, 0.717) is 13.2 Å². The van der Waals surface area contributed by atoms with E-state index in [0.717, 1.165) is 22.6 Å². The molecule has 0 aliphatic carbocycles. The van der Waals surface area contributed by atoms with Gasteiger partial charge in [-0.2, -0.15) is 5.06 Å². The summed E-state index contributed by atoms with van der Waals surface area (Å²) in [5.74, 6) is 0.841. The van der Waals surface area contributed by atoms with Crippen molar-refractivity contribution in [2.75, 3.05) is 18.9 Å². The van der Waals surface area contributed by atoms with Crippen LogP contribution in [0.4, 0.5) is 9.18 Å². The highest BCUT2D eigenvalue weighted by molar-refractivity contribution is 7.99. The van der Waals surface area contributed by atoms with E-state index in [1.807, 2.05) is 6.92 Å². The second kappa shape index (κ2) is 5.61. The number of nitrogens with zero attached hydrogens (tertiary/aromatic N) is 1. The van der Waals surface area contributed by atoms with Crippen LogP contribution in [-0.2, 0) is 4.84 Å². The maximum absolute atomic E-state index is 13.5. The molecule has 0 radical (unpaired) electrons. The normalized spacial score (nSPS) is 24.2. The van der Waals surface area contributed by atoms with Crippen molar-refractivity contribution in [1.29, 1.82) is 0 Å². The number of rotatable bonds is 2. The molecule has 1 fully saturated rings. The highest BCUT2D eigenvalue weighted by Gasteiger charge is 2.43. The fraction of sp³-hybridized carbons (Fsp3) is 0.500. The SMILES string of the molecule is CCCNC(=O)N1OCC2CSc3ccc(F)cc3C21. The summed E-state index contributed by atoms with van der Waals surface area (Å²) in [6.45, 7) is 3.11. The van der Waals surface area contributed by atoms with Crippen LogP contribution in [0.2, 0.25) is 0 Å². The van der Waals surface area contributed by atoms with E-state index < -0.39 is 0 Å². The molecule has 0 saturated carbocycles. The van der Waals surface area contributed by atoms with Crippen LogP contribution in [-0.4, -0.2) is 30.0 Å². The largest absolute Gasteiger partial charge is 0.341 e. The highest BCUT2D eigenvalue weighted by Crippen LogP contribution is 2.46. The fourth-order valence-corrected chi connectivity index (χ4v) is 3.81. The van der Waals surface area contributed by atoms with Gasteiger partial charge >= 0.3 is 6.03 Å². The van der Waals surface area contributed by atoms with Gasteiger partial charge in [0.05, 0.1) is 12.6 Å². The standard InChI is InChI=1S/C14H17FN2O2S/c1-2-5-16-14(18)17-13-9(7-19-17)8-20-12-4-3-10(15)6-11(12)13/h3-4,6,9,13H,2,5,7-8H2,1H3,(H,16,18). The summed E-state index contributed by atoms with van der Waals surface area (Å²) < 4.78 is 13.5. The topological polar surface area (TPSA) is 41.6 Å². The number of hydrogen-bond donors (Lipinski definition) is 1. The van der Waals surface area contributed by atoms with Crippen LogP contribution in [0.5, 0.6) is 0 Å². The Labute approximate surface area is 121 Å². The quantitative estimate of drug-likeness (QED) is 0.912. The Morgan fingerprint density at radius 1 is 1.60 bits per heavy atom. The Bertz CT molecular complexity index is 526. The second-order valence-electron chi connectivity index (χ2n) is 5.05. The molecule has 0 bridgehead atoms. The summed E-state index contributed by atoms with van der Waals surface area (Å²) in [6, 6.07) is 4.35. The minimum atomic E-state index is -0.272. The van der Waals surface area contributed by atoms with Crippen molar-refractivity contribution in [3.05, 3.63) is 29.6 Å². The smallest absolute Gasteiger partial charge is 0.336 e. The van der Waals surface area contributed by atoms with Crippen LogP contribution in [0.15, 0.2) is 23.1 Å². The third-order valence-electron chi connectivity index (χ3n) is 3.60. The van der Waals surface area contributed by atoms with Crippen molar-refractivity contribution in [2.24, 2.45) is 5.92 Å². The van der Waals surface area contributed by atoms with Gasteiger partial charge in [-0.05, 0) is 30.2 Å². The molecule has 2 atom stereocenters. The maximum atomic E-state index is 13.5. The Kier molecular flexibility index (Phi) is 3.85. The summed E-state index contributed by atoms with van der Waals surface area (Å²) in [5.41, 5.74) is 0.857. The molecule has 108 valence electrons. The first kappa shape index (κ1) is 13.7. The predicted octanol–water partition coefficient (Wildman–Crippen LogP) is 2.96. The van der Waals surface area contributed by atoms with E-state index >= 15 is 0 Å². The number of benzene rings is 1. The van der Waals surface area contributed by atoms with Crippen LogP contribution in [0.25, 0.3) is 0 Å². The van der Waals surface area contributed by atoms with E-state index in [2.05, 4.69) is 5.32 Å². The zero-order valence-electron chi connectivity index (χ0n) is 11.3. The van der Waals surface area contributed by atoms with E-state index in [1.165, 1.54) is 17.2 Å². The number of hydrogen-bond acceptors (Lipinski definition) is 3. The first-order valence-corrected chi connectivity index (χ1v) is 7.81. The molecule has 20 heavy (non-hydrogen) atoms. The Morgan fingerprint density at radius 2 is 2.45 bits per heavy atom. The molecule has 2 amide bonds. The third-order valence-corrected chi connectivity index (χ3v) is 4.87. The maximum Gasteiger partial charge on any atom is 0.341 e. The molecule has 0 aromatic heterocycles. The molecule has 1 aromatic carbocycles. The minimum Gasteiger partial charge on any atom is -0.336 e. The molecule has 1 aromatic rings. The zero-order valence-corrected chi connectivity index (χ0v) is 12.1. The number of fused-ring (bicyclic) bond motifs is 3. The van der Waals surface area contributed by atoms with E-state index in [9.17, 15) is 9.18 Å². The number of nitrogens with one attached hydrogen (secondary N) is 1. The lowest BCUT2D eigenvalue weighted by Crippen LogP contribution is -2.40. The number of amides is 2. The van der Waals surface area contributed by atoms with Crippen LogP contribution in [0, 0.1) is 11.7 Å². The van der Waals surface area contributed by atoms with Gasteiger partial charge < -0.3 is 5.32 Å². The van der Waals surface area contributed by atoms with Gasteiger partial charge in [-0.1, -0.05) is 6.92 Å². The van der Waals surface area contributed by atoms with Crippen LogP contribution < -0.4 is 5.32 Å². The van der Waals surface area contributed by atoms with Crippen LogP contribution in [0.1, 0.15) is 24.9 Å². The van der Waals surface area contributed by atoms with Crippen molar-refractivity contribution < 1.29 is 14.0 Å². The van der Waals surface area contributed by atoms with Gasteiger partial charge in [0, 0.05) is 23.1 Å². The molecule has 6 heteroatoms. The predicted molar refractivity (Wildman–Crippen MR) is 74.8 cm³/mol. The zero-order chi connectivity index (χ0) is 14.1. The van der Waals surface area contributed by atoms with Crippen molar-refractivity contribution >= 4 is 17.8 Å². The van der Waals surface area contributed by atoms with E-state index in [1.54, 1.807) is 17.8 Å². The number of urea groups is 1. The lowest BCUT2D eigenvalue weighted by molar-refractivity contribution is -0.0880. The lowest BCUT2D eigenvalue weighted by Gasteiger charge is -2.30. The lowest BCUT2D eigenvalue weighted by atomic mass is 9.95. The molecule has 2 aliphatic rings. The average Bonchev–Trinajstić information content (AvgIpc) is 2.89. The molecule has 1 saturated heterocycles. The Morgan fingerprint density at radius 3 is 3.25 bits per heavy atom. The van der Waals surface area contributed by atoms with Crippen molar-refractivity contribution in [3.63, 3.8) is 0 Å². The first-order valence-electron chi connectivity index (χ1n) is 6.83. The summed E-state index contributed by atoms with van der Waals surface area (Å²) in [6.07, 6.45) is 0.870. The molecule has 1 N–H and O–H groups in total. The fourth-order valence-electron chi connectivity index (χ4n) is 2.63. The van der Waals surface area contributed by atoms with E-state index in [-0.39, 0.29) is 23.8 Å². The minimum absolute atomic E-state index is 0.182. The molecule has 4 nitrogen and oxygen atoms in total. The molecular formula is C14H17FN2O2S. The molecule has 2 heterocycles. The molecule has 3 rings (SSSR count). The second-order valence-corrected chi connectivity index (χ2v) is 6.11. The summed E-state index contributed by atoms with van der Waals surface area (Å²) in [5, 5.41) is 4.20. The van der Waals surface area contributed by atoms with Gasteiger partial charge in [-0.15, -0.1) is 11.8 Å². The van der Waals surface area contributed by atoms with Gasteiger partial charge in [0.2, 0.25) is 0 Å². The van der Waals surface area contributed by atoms with Crippen LogP contribution in [0.3, 0.4) is 0 Å². The van der Waals surface area contributed by atoms with Crippen molar-refractivity contribution in [2.45, 2.75) is 24.3 Å². The number of carbonyl (C=O) groups excluding carboxylic acids is 1. The molecular weight excluding hydrogens is 279 g/mol. The highest BCUT2D eigenvalue weighted by atomic mass is 32.2. The summed E-state index contributed by atoms with van der Waals surface area (Å²) in [4.78, 5) is 18.7. The van der Waals surface area contributed by atoms with Gasteiger partial charge in [-0.3, -0.25) is 4.84 Å².